The Morgan fingerprint density at radius 2 is 1.90 bits per heavy atom. The maximum absolute atomic E-state index is 11.9. The molecule has 0 unspecified atom stereocenters. The second kappa shape index (κ2) is 8.11. The first-order valence-electron chi connectivity index (χ1n) is 6.10. The molecule has 7 nitrogen and oxygen atoms in total. The lowest BCUT2D eigenvalue weighted by molar-refractivity contribution is -0.140. The lowest BCUT2D eigenvalue weighted by Crippen LogP contribution is -2.47. The van der Waals surface area contributed by atoms with Crippen molar-refractivity contribution in [2.75, 3.05) is 13.7 Å². The van der Waals surface area contributed by atoms with Gasteiger partial charge in [0, 0.05) is 18.1 Å². The number of imide groups is 1. The fourth-order valence-corrected chi connectivity index (χ4v) is 1.62. The Hall–Kier alpha value is -2.28. The average Bonchev–Trinajstić information content (AvgIpc) is 2.46. The number of carbonyl (C=O) groups excluding carboxylic acids is 3. The molecule has 0 spiro atoms. The van der Waals surface area contributed by atoms with Gasteiger partial charge in [-0.25, -0.2) is 14.5 Å². The molecule has 1 rings (SSSR count). The minimum Gasteiger partial charge on any atom is -0.469 e. The monoisotopic (exact) mass is 313 g/mol. The maximum Gasteiger partial charge on any atom is 0.325 e. The van der Waals surface area contributed by atoms with Gasteiger partial charge in [0.1, 0.15) is 0 Å². The first-order chi connectivity index (χ1) is 9.93. The number of nitrogens with zero attached hydrogens (tertiary/aromatic N) is 1. The van der Waals surface area contributed by atoms with Crippen LogP contribution in [0.25, 0.3) is 0 Å². The molecule has 0 atom stereocenters. The number of nitrogens with one attached hydrogen (secondary N) is 1. The molecule has 3 N–H and O–H groups in total. The van der Waals surface area contributed by atoms with Gasteiger partial charge in [-0.1, -0.05) is 23.7 Å². The van der Waals surface area contributed by atoms with E-state index in [1.165, 1.54) is 7.11 Å². The molecule has 0 fully saturated rings. The van der Waals surface area contributed by atoms with E-state index < -0.39 is 18.0 Å². The molecule has 1 aromatic rings. The number of carbonyl (C=O) groups is 3. The number of nitrogens with two attached hydrogens (primary N) is 1. The lowest BCUT2D eigenvalue weighted by atomic mass is 10.2. The van der Waals surface area contributed by atoms with Gasteiger partial charge in [0.25, 0.3) is 0 Å². The van der Waals surface area contributed by atoms with Crippen molar-refractivity contribution in [3.8, 4) is 0 Å². The number of urea groups is 2. The number of hydrogen-bond donors (Lipinski definition) is 2. The van der Waals surface area contributed by atoms with E-state index in [0.717, 1.165) is 10.5 Å². The number of amides is 4. The van der Waals surface area contributed by atoms with Gasteiger partial charge in [-0.2, -0.15) is 0 Å². The Balaban J connectivity index is 2.54. The number of hydrogen-bond acceptors (Lipinski definition) is 4. The van der Waals surface area contributed by atoms with Crippen molar-refractivity contribution >= 4 is 29.6 Å². The summed E-state index contributed by atoms with van der Waals surface area (Å²) in [7, 11) is 1.22. The maximum atomic E-state index is 11.9. The summed E-state index contributed by atoms with van der Waals surface area (Å²) < 4.78 is 4.44. The number of primary amides is 1. The summed E-state index contributed by atoms with van der Waals surface area (Å²) in [6.45, 7) is 0.0620. The molecular weight excluding hydrogens is 298 g/mol. The summed E-state index contributed by atoms with van der Waals surface area (Å²) in [6.07, 6.45) is -0.117. The highest BCUT2D eigenvalue weighted by molar-refractivity contribution is 6.30. The van der Waals surface area contributed by atoms with Crippen LogP contribution in [0.1, 0.15) is 12.0 Å². The molecule has 1 aromatic carbocycles. The molecule has 0 aliphatic rings. The van der Waals surface area contributed by atoms with Crippen molar-refractivity contribution in [3.63, 3.8) is 0 Å². The van der Waals surface area contributed by atoms with Crippen LogP contribution in [0, 0.1) is 0 Å². The molecule has 21 heavy (non-hydrogen) atoms. The highest BCUT2D eigenvalue weighted by atomic mass is 35.5. The predicted molar refractivity (Wildman–Crippen MR) is 76.6 cm³/mol. The molecule has 8 heteroatoms. The van der Waals surface area contributed by atoms with E-state index in [9.17, 15) is 14.4 Å². The summed E-state index contributed by atoms with van der Waals surface area (Å²) in [4.78, 5) is 34.8. The van der Waals surface area contributed by atoms with Crippen LogP contribution in [-0.4, -0.2) is 36.6 Å². The van der Waals surface area contributed by atoms with Gasteiger partial charge >= 0.3 is 18.0 Å². The van der Waals surface area contributed by atoms with Gasteiger partial charge in [-0.3, -0.25) is 4.79 Å². The smallest absolute Gasteiger partial charge is 0.325 e. The Kier molecular flexibility index (Phi) is 6.48. The summed E-state index contributed by atoms with van der Waals surface area (Å²) in [5.41, 5.74) is 5.92. The molecule has 0 saturated heterocycles. The average molecular weight is 314 g/mol. The lowest BCUT2D eigenvalue weighted by Gasteiger charge is -2.18. The minimum absolute atomic E-state index is 0.117. The van der Waals surface area contributed by atoms with Crippen LogP contribution in [-0.2, 0) is 16.1 Å². The van der Waals surface area contributed by atoms with E-state index in [1.54, 1.807) is 24.3 Å². The van der Waals surface area contributed by atoms with Gasteiger partial charge in [0.05, 0.1) is 13.5 Å². The standard InChI is InChI=1S/C13H16ClN3O4/c1-21-11(18)6-7-17(12(15)19)13(20)16-8-9-2-4-10(14)5-3-9/h2-5H,6-8H2,1H3,(H2,15,19)(H,16,20). The Morgan fingerprint density at radius 1 is 1.29 bits per heavy atom. The zero-order valence-corrected chi connectivity index (χ0v) is 12.2. The zero-order valence-electron chi connectivity index (χ0n) is 11.5. The van der Waals surface area contributed by atoms with E-state index in [-0.39, 0.29) is 19.5 Å². The first-order valence-corrected chi connectivity index (χ1v) is 6.48. The zero-order chi connectivity index (χ0) is 15.8. The molecule has 4 amide bonds. The van der Waals surface area contributed by atoms with Crippen molar-refractivity contribution < 1.29 is 19.1 Å². The molecule has 0 aliphatic heterocycles. The summed E-state index contributed by atoms with van der Waals surface area (Å²) in [5, 5.41) is 3.12. The number of rotatable bonds is 5. The fourth-order valence-electron chi connectivity index (χ4n) is 1.49. The molecule has 0 saturated carbocycles. The van der Waals surface area contributed by atoms with Crippen LogP contribution in [0.4, 0.5) is 9.59 Å². The van der Waals surface area contributed by atoms with Crippen molar-refractivity contribution in [3.05, 3.63) is 34.9 Å². The van der Waals surface area contributed by atoms with E-state index in [4.69, 9.17) is 17.3 Å². The van der Waals surface area contributed by atoms with Crippen LogP contribution in [0.15, 0.2) is 24.3 Å². The molecule has 114 valence electrons. The predicted octanol–water partition coefficient (Wildman–Crippen LogP) is 1.49. The molecule has 0 aromatic heterocycles. The molecule has 0 radical (unpaired) electrons. The number of halogens is 1. The third-order valence-electron chi connectivity index (χ3n) is 2.64. The molecule has 0 heterocycles. The van der Waals surface area contributed by atoms with Crippen LogP contribution in [0.5, 0.6) is 0 Å². The number of methoxy groups -OCH3 is 1. The highest BCUT2D eigenvalue weighted by Crippen LogP contribution is 2.09. The van der Waals surface area contributed by atoms with Gasteiger partial charge < -0.3 is 15.8 Å². The number of ether oxygens (including phenoxy) is 1. The summed E-state index contributed by atoms with van der Waals surface area (Å²) >= 11 is 5.75. The van der Waals surface area contributed by atoms with Crippen molar-refractivity contribution in [1.82, 2.24) is 10.2 Å². The van der Waals surface area contributed by atoms with Gasteiger partial charge in [0.15, 0.2) is 0 Å². The van der Waals surface area contributed by atoms with Crippen molar-refractivity contribution in [1.29, 1.82) is 0 Å². The quantitative estimate of drug-likeness (QED) is 0.804. The largest absolute Gasteiger partial charge is 0.469 e. The summed E-state index contributed by atoms with van der Waals surface area (Å²) in [5.74, 6) is -0.535. The topological polar surface area (TPSA) is 102 Å². The second-order valence-electron chi connectivity index (χ2n) is 4.10. The van der Waals surface area contributed by atoms with Crippen LogP contribution in [0.2, 0.25) is 5.02 Å². The van der Waals surface area contributed by atoms with Gasteiger partial charge in [-0.15, -0.1) is 0 Å². The van der Waals surface area contributed by atoms with E-state index >= 15 is 0 Å². The molecule has 0 aliphatic carbocycles. The van der Waals surface area contributed by atoms with E-state index in [2.05, 4.69) is 10.1 Å². The second-order valence-corrected chi connectivity index (χ2v) is 4.54. The third-order valence-corrected chi connectivity index (χ3v) is 2.89. The van der Waals surface area contributed by atoms with Crippen LogP contribution in [0.3, 0.4) is 0 Å². The SMILES string of the molecule is COC(=O)CCN(C(N)=O)C(=O)NCc1ccc(Cl)cc1. The Labute approximate surface area is 127 Å². The first kappa shape index (κ1) is 16.8. The minimum atomic E-state index is -0.937. The molecular formula is C13H16ClN3O4. The molecule has 0 bridgehead atoms. The van der Waals surface area contributed by atoms with Crippen LogP contribution >= 0.6 is 11.6 Å². The highest BCUT2D eigenvalue weighted by Gasteiger charge is 2.19. The third kappa shape index (κ3) is 5.70. The van der Waals surface area contributed by atoms with E-state index in [0.29, 0.717) is 5.02 Å². The van der Waals surface area contributed by atoms with Gasteiger partial charge in [-0.05, 0) is 17.7 Å². The fraction of sp³-hybridized carbons (Fsp3) is 0.308. The Morgan fingerprint density at radius 3 is 2.43 bits per heavy atom. The van der Waals surface area contributed by atoms with Crippen molar-refractivity contribution in [2.24, 2.45) is 5.73 Å². The Bertz CT molecular complexity index is 519. The van der Waals surface area contributed by atoms with Crippen molar-refractivity contribution in [2.45, 2.75) is 13.0 Å². The van der Waals surface area contributed by atoms with Crippen LogP contribution < -0.4 is 11.1 Å². The van der Waals surface area contributed by atoms with Gasteiger partial charge in [0.2, 0.25) is 0 Å². The van der Waals surface area contributed by atoms with E-state index in [1.807, 2.05) is 0 Å². The summed E-state index contributed by atoms with van der Waals surface area (Å²) in [6, 6.07) is 5.24. The normalized spacial score (nSPS) is 9.81. The number of esters is 1. The number of benzene rings is 1.